The van der Waals surface area contributed by atoms with Gasteiger partial charge < -0.3 is 24.8 Å². The van der Waals surface area contributed by atoms with Crippen molar-refractivity contribution in [1.82, 2.24) is 0 Å². The molecule has 2 atom stereocenters. The van der Waals surface area contributed by atoms with Gasteiger partial charge in [-0.05, 0) is 0 Å². The summed E-state index contributed by atoms with van der Waals surface area (Å²) < 4.78 is 4.25. The van der Waals surface area contributed by atoms with E-state index < -0.39 is 20.3 Å². The third-order valence-electron chi connectivity index (χ3n) is 13.2. The summed E-state index contributed by atoms with van der Waals surface area (Å²) in [6.07, 6.45) is 5.39. The van der Waals surface area contributed by atoms with Crippen LogP contribution in [0.15, 0.2) is 71.8 Å². The molecule has 1 aliphatic heterocycles. The summed E-state index contributed by atoms with van der Waals surface area (Å²) in [5.41, 5.74) is 24.7. The molecule has 0 spiro atoms. The van der Waals surface area contributed by atoms with E-state index >= 15 is 0 Å². The van der Waals surface area contributed by atoms with Crippen LogP contribution in [0.25, 0.3) is 34.4 Å². The normalized spacial score (nSPS) is 18.0. The maximum Gasteiger partial charge on any atom is -1.00 e. The number of hydrogen-bond donors (Lipinski definition) is 0. The predicted molar refractivity (Wildman–Crippen MR) is 221 cm³/mol. The predicted octanol–water partition coefficient (Wildman–Crippen LogP) is 8.75. The van der Waals surface area contributed by atoms with Gasteiger partial charge in [0.2, 0.25) is 0 Å². The third-order valence-corrected chi connectivity index (χ3v) is 26.0. The SMILES string of the molecule is Cc1cc(-c2ccc(C(C)(C)C)cc2)c2c(c1C)[CH]([Zr+2]1([CH]3C(C(C)C)=Cc4c(-c5ccc(C(C)(C)C)cc5)cc(C)c(C)c43)[CH2][CH2]1)C(C(C)C)=C2.[Cl-].[Cl-]. The van der Waals surface area contributed by atoms with Crippen LogP contribution < -0.4 is 24.8 Å². The van der Waals surface area contributed by atoms with Crippen LogP contribution in [0.5, 0.6) is 0 Å². The topological polar surface area (TPSA) is 0 Å². The molecule has 1 heterocycles. The molecule has 0 nitrogen and oxygen atoms in total. The van der Waals surface area contributed by atoms with E-state index in [0.717, 1.165) is 0 Å². The van der Waals surface area contributed by atoms with Crippen LogP contribution in [0.4, 0.5) is 0 Å². The van der Waals surface area contributed by atoms with Crippen LogP contribution in [-0.2, 0) is 31.1 Å². The molecule has 4 aromatic rings. The molecule has 0 aromatic heterocycles. The van der Waals surface area contributed by atoms with Crippen molar-refractivity contribution in [2.24, 2.45) is 11.8 Å². The van der Waals surface area contributed by atoms with Gasteiger partial charge in [-0.25, -0.2) is 0 Å². The van der Waals surface area contributed by atoms with Gasteiger partial charge in [0.05, 0.1) is 0 Å². The van der Waals surface area contributed by atoms with E-state index in [4.69, 9.17) is 0 Å². The quantitative estimate of drug-likeness (QED) is 0.183. The van der Waals surface area contributed by atoms with E-state index in [2.05, 4.69) is 170 Å². The van der Waals surface area contributed by atoms with Crippen molar-refractivity contribution in [1.29, 1.82) is 0 Å². The average Bonchev–Trinajstić information content (AvgIpc) is 3.57. The maximum atomic E-state index is 2.70. The molecule has 1 saturated heterocycles. The first kappa shape index (κ1) is 42.0. The molecule has 280 valence electrons. The number of allylic oxidation sites excluding steroid dienone is 2. The first-order valence-corrected chi connectivity index (χ1v) is 26.1. The Bertz CT molecular complexity index is 1940. The summed E-state index contributed by atoms with van der Waals surface area (Å²) in [4.78, 5) is 0. The number of aryl methyl sites for hydroxylation is 2. The van der Waals surface area contributed by atoms with Gasteiger partial charge in [0.1, 0.15) is 0 Å². The van der Waals surface area contributed by atoms with Gasteiger partial charge in [0.25, 0.3) is 0 Å². The molecule has 0 radical (unpaired) electrons. The Kier molecular flexibility index (Phi) is 11.7. The molecule has 3 heteroatoms. The Morgan fingerprint density at radius 3 is 1.11 bits per heavy atom. The van der Waals surface area contributed by atoms with Gasteiger partial charge >= 0.3 is 317 Å². The summed E-state index contributed by atoms with van der Waals surface area (Å²) in [7, 11) is 0. The van der Waals surface area contributed by atoms with Crippen molar-refractivity contribution in [3.8, 4) is 22.3 Å². The molecule has 0 amide bonds. The van der Waals surface area contributed by atoms with E-state index in [1.807, 2.05) is 0 Å². The number of hydrogen-bond acceptors (Lipinski definition) is 0. The molecule has 0 saturated carbocycles. The van der Waals surface area contributed by atoms with Gasteiger partial charge in [0, 0.05) is 0 Å². The molecule has 7 rings (SSSR count). The second-order valence-electron chi connectivity index (χ2n) is 19.2. The fourth-order valence-corrected chi connectivity index (χ4v) is 28.2. The van der Waals surface area contributed by atoms with Gasteiger partial charge in [-0.2, -0.15) is 0 Å². The average molecular weight is 825 g/mol. The van der Waals surface area contributed by atoms with E-state index in [1.165, 1.54) is 63.9 Å². The third kappa shape index (κ3) is 7.08. The Morgan fingerprint density at radius 1 is 0.528 bits per heavy atom. The maximum absolute atomic E-state index is 2.97. The standard InChI is InChI=1S/2C24H29.C2H4.2ClH.Zr/c2*1-15(2)19-13-21-17(4)16(3)12-22(23(21)14-19)18-8-10-20(11-9-18)24(5,6)7;1-2;;;/h2*8-15H,1-7H3;1-2H2;2*1H;/q;;;;;+2/p-2. The van der Waals surface area contributed by atoms with Crippen LogP contribution in [0, 0.1) is 39.5 Å². The molecular formula is C50H62Cl2Zr. The second kappa shape index (κ2) is 14.7. The molecule has 2 aliphatic carbocycles. The van der Waals surface area contributed by atoms with Crippen LogP contribution in [0.3, 0.4) is 0 Å². The van der Waals surface area contributed by atoms with Crippen molar-refractivity contribution in [3.05, 3.63) is 127 Å². The molecule has 53 heavy (non-hydrogen) atoms. The first-order chi connectivity index (χ1) is 23.8. The van der Waals surface area contributed by atoms with Gasteiger partial charge in [0.15, 0.2) is 0 Å². The minimum absolute atomic E-state index is 0. The Hall–Kier alpha value is -2.18. The Labute approximate surface area is 339 Å². The van der Waals surface area contributed by atoms with Crippen molar-refractivity contribution in [3.63, 3.8) is 0 Å². The van der Waals surface area contributed by atoms with Gasteiger partial charge in [-0.1, -0.05) is 0 Å². The Balaban J connectivity index is 0.00000271. The Morgan fingerprint density at radius 2 is 0.849 bits per heavy atom. The molecule has 2 unspecified atom stereocenters. The van der Waals surface area contributed by atoms with E-state index in [9.17, 15) is 0 Å². The monoisotopic (exact) mass is 822 g/mol. The summed E-state index contributed by atoms with van der Waals surface area (Å²) in [6, 6.07) is 24.1. The summed E-state index contributed by atoms with van der Waals surface area (Å²) >= 11 is -2.97. The number of halogens is 2. The van der Waals surface area contributed by atoms with Crippen LogP contribution >= 0.6 is 0 Å². The summed E-state index contributed by atoms with van der Waals surface area (Å²) in [5.74, 6) is 1.07. The fourth-order valence-electron chi connectivity index (χ4n) is 9.72. The smallest absolute Gasteiger partial charge is 1.00 e. The second-order valence-corrected chi connectivity index (χ2v) is 30.6. The fraction of sp³-hybridized carbons (Fsp3) is 0.440. The van der Waals surface area contributed by atoms with Crippen molar-refractivity contribution in [2.75, 3.05) is 0 Å². The molecular weight excluding hydrogens is 763 g/mol. The minimum Gasteiger partial charge on any atom is -1.00 e. The molecule has 0 bridgehead atoms. The van der Waals surface area contributed by atoms with E-state index in [-0.39, 0.29) is 35.6 Å². The van der Waals surface area contributed by atoms with Crippen molar-refractivity contribution in [2.45, 2.75) is 123 Å². The molecule has 4 aromatic carbocycles. The van der Waals surface area contributed by atoms with Crippen LogP contribution in [0.2, 0.25) is 8.26 Å². The first-order valence-electron chi connectivity index (χ1n) is 19.8. The van der Waals surface area contributed by atoms with E-state index in [1.54, 1.807) is 33.4 Å². The van der Waals surface area contributed by atoms with Crippen LogP contribution in [-0.4, -0.2) is 0 Å². The zero-order valence-electron chi connectivity index (χ0n) is 34.9. The van der Waals surface area contributed by atoms with Crippen LogP contribution in [0.1, 0.15) is 132 Å². The van der Waals surface area contributed by atoms with E-state index in [0.29, 0.717) is 19.1 Å². The minimum atomic E-state index is -2.97. The van der Waals surface area contributed by atoms with Crippen molar-refractivity contribution < 1.29 is 45.1 Å². The van der Waals surface area contributed by atoms with Crippen molar-refractivity contribution >= 4 is 12.2 Å². The van der Waals surface area contributed by atoms with Gasteiger partial charge in [-0.3, -0.25) is 0 Å². The molecule has 1 fully saturated rings. The van der Waals surface area contributed by atoms with Gasteiger partial charge in [-0.15, -0.1) is 0 Å². The number of fused-ring (bicyclic) bond motifs is 2. The largest absolute Gasteiger partial charge is 1.00 e. The zero-order chi connectivity index (χ0) is 36.9. The number of benzene rings is 4. The summed E-state index contributed by atoms with van der Waals surface area (Å²) in [5, 5.41) is 0. The number of rotatable bonds is 6. The molecule has 3 aliphatic rings. The molecule has 0 N–H and O–H groups in total. The zero-order valence-corrected chi connectivity index (χ0v) is 38.9. The summed E-state index contributed by atoms with van der Waals surface area (Å²) in [6.45, 7) is 33.4.